The average Bonchev–Trinajstić information content (AvgIpc) is 1.58. The first-order valence-corrected chi connectivity index (χ1v) is 4.08. The SMILES string of the molecule is [O-][S+](CC(O)O)CC(O)O. The molecule has 0 saturated heterocycles. The highest BCUT2D eigenvalue weighted by atomic mass is 32.2. The van der Waals surface area contributed by atoms with Crippen molar-refractivity contribution in [1.29, 1.82) is 0 Å². The first-order valence-electron chi connectivity index (χ1n) is 2.59. The summed E-state index contributed by atoms with van der Waals surface area (Å²) in [6.07, 6.45) is -3.31. The van der Waals surface area contributed by atoms with Gasteiger partial charge in [0.25, 0.3) is 0 Å². The maximum atomic E-state index is 10.5. The van der Waals surface area contributed by atoms with E-state index in [9.17, 15) is 4.55 Å². The molecular formula is C4H10O5S. The lowest BCUT2D eigenvalue weighted by Crippen LogP contribution is -2.28. The zero-order chi connectivity index (χ0) is 8.15. The molecule has 6 heteroatoms. The van der Waals surface area contributed by atoms with Gasteiger partial charge in [0, 0.05) is 0 Å². The largest absolute Gasteiger partial charge is 0.616 e. The highest BCUT2D eigenvalue weighted by Crippen LogP contribution is 1.94. The van der Waals surface area contributed by atoms with Crippen molar-refractivity contribution in [1.82, 2.24) is 0 Å². The highest BCUT2D eigenvalue weighted by molar-refractivity contribution is 7.91. The van der Waals surface area contributed by atoms with Crippen molar-refractivity contribution in [3.05, 3.63) is 0 Å². The van der Waals surface area contributed by atoms with Crippen LogP contribution in [-0.4, -0.2) is 49.1 Å². The summed E-state index contributed by atoms with van der Waals surface area (Å²) in [5.41, 5.74) is 0. The topological polar surface area (TPSA) is 104 Å². The fraction of sp³-hybridized carbons (Fsp3) is 1.00. The van der Waals surface area contributed by atoms with Crippen LogP contribution >= 0.6 is 0 Å². The quantitative estimate of drug-likeness (QED) is 0.273. The average molecular weight is 170 g/mol. The molecule has 0 aromatic heterocycles. The summed E-state index contributed by atoms with van der Waals surface area (Å²) >= 11 is -1.58. The van der Waals surface area contributed by atoms with Crippen LogP contribution in [0.2, 0.25) is 0 Å². The van der Waals surface area contributed by atoms with E-state index >= 15 is 0 Å². The Kier molecular flexibility index (Phi) is 4.96. The maximum Gasteiger partial charge on any atom is 0.197 e. The lowest BCUT2D eigenvalue weighted by Gasteiger charge is -2.12. The van der Waals surface area contributed by atoms with Crippen LogP contribution in [0.3, 0.4) is 0 Å². The van der Waals surface area contributed by atoms with E-state index in [-0.39, 0.29) is 11.5 Å². The summed E-state index contributed by atoms with van der Waals surface area (Å²) in [5, 5.41) is 32.9. The van der Waals surface area contributed by atoms with Crippen molar-refractivity contribution < 1.29 is 25.0 Å². The number of rotatable bonds is 4. The number of aliphatic hydroxyl groups is 4. The predicted octanol–water partition coefficient (Wildman–Crippen LogP) is -2.64. The Bertz CT molecular complexity index is 75.7. The molecule has 0 aliphatic carbocycles. The van der Waals surface area contributed by atoms with Crippen LogP contribution in [0.25, 0.3) is 0 Å². The third-order valence-electron chi connectivity index (χ3n) is 0.670. The van der Waals surface area contributed by atoms with Crippen molar-refractivity contribution in [2.24, 2.45) is 0 Å². The van der Waals surface area contributed by atoms with Crippen LogP contribution in [-0.2, 0) is 11.2 Å². The summed E-state index contributed by atoms with van der Waals surface area (Å²) in [6, 6.07) is 0. The Morgan fingerprint density at radius 3 is 1.50 bits per heavy atom. The number of hydrogen-bond acceptors (Lipinski definition) is 5. The minimum Gasteiger partial charge on any atom is -0.616 e. The van der Waals surface area contributed by atoms with E-state index in [1.54, 1.807) is 0 Å². The molecule has 10 heavy (non-hydrogen) atoms. The van der Waals surface area contributed by atoms with E-state index in [1.165, 1.54) is 0 Å². The highest BCUT2D eigenvalue weighted by Gasteiger charge is 2.14. The molecule has 0 spiro atoms. The summed E-state index contributed by atoms with van der Waals surface area (Å²) in [5.74, 6) is -0.699. The van der Waals surface area contributed by atoms with Gasteiger partial charge in [-0.1, -0.05) is 0 Å². The van der Waals surface area contributed by atoms with Crippen LogP contribution in [0.5, 0.6) is 0 Å². The van der Waals surface area contributed by atoms with Crippen molar-refractivity contribution in [3.63, 3.8) is 0 Å². The number of aliphatic hydroxyl groups excluding tert-OH is 2. The van der Waals surface area contributed by atoms with Crippen LogP contribution in [0.1, 0.15) is 0 Å². The molecule has 62 valence electrons. The number of hydrogen-bond donors (Lipinski definition) is 4. The molecule has 0 atom stereocenters. The Balaban J connectivity index is 3.34. The van der Waals surface area contributed by atoms with Crippen molar-refractivity contribution in [2.75, 3.05) is 11.5 Å². The smallest absolute Gasteiger partial charge is 0.197 e. The zero-order valence-corrected chi connectivity index (χ0v) is 5.99. The van der Waals surface area contributed by atoms with Gasteiger partial charge in [-0.2, -0.15) is 0 Å². The van der Waals surface area contributed by atoms with Gasteiger partial charge in [0.1, 0.15) is 0 Å². The molecule has 5 nitrogen and oxygen atoms in total. The van der Waals surface area contributed by atoms with Gasteiger partial charge in [-0.25, -0.2) is 0 Å². The van der Waals surface area contributed by atoms with E-state index in [0.29, 0.717) is 0 Å². The van der Waals surface area contributed by atoms with Gasteiger partial charge >= 0.3 is 0 Å². The molecule has 0 unspecified atom stereocenters. The molecule has 0 amide bonds. The second kappa shape index (κ2) is 4.89. The molecule has 0 aromatic rings. The fourth-order valence-corrected chi connectivity index (χ4v) is 1.20. The van der Waals surface area contributed by atoms with Crippen molar-refractivity contribution in [3.8, 4) is 0 Å². The predicted molar refractivity (Wildman–Crippen MR) is 34.3 cm³/mol. The first-order chi connectivity index (χ1) is 4.52. The lowest BCUT2D eigenvalue weighted by molar-refractivity contribution is -0.0250. The fourth-order valence-electron chi connectivity index (χ4n) is 0.401. The van der Waals surface area contributed by atoms with Crippen LogP contribution < -0.4 is 0 Å². The third kappa shape index (κ3) is 6.27. The standard InChI is InChI=1S/C4H10O5S/c5-3(6)1-10(9)2-4(7)8/h3-8H,1-2H2. The molecule has 0 saturated carbocycles. The van der Waals surface area contributed by atoms with Gasteiger partial charge in [0.15, 0.2) is 24.1 Å². The van der Waals surface area contributed by atoms with Gasteiger partial charge < -0.3 is 25.0 Å². The summed E-state index contributed by atoms with van der Waals surface area (Å²) < 4.78 is 10.5. The third-order valence-corrected chi connectivity index (χ3v) is 2.01. The van der Waals surface area contributed by atoms with E-state index in [1.807, 2.05) is 0 Å². The van der Waals surface area contributed by atoms with Crippen molar-refractivity contribution in [2.45, 2.75) is 12.6 Å². The zero-order valence-electron chi connectivity index (χ0n) is 5.17. The second-order valence-corrected chi connectivity index (χ2v) is 3.28. The Hall–Kier alpha value is 0.150. The first kappa shape index (κ1) is 10.2. The van der Waals surface area contributed by atoms with Gasteiger partial charge in [-0.05, 0) is 11.2 Å². The molecule has 4 N–H and O–H groups in total. The molecule has 0 rings (SSSR count). The molecule has 0 fully saturated rings. The Morgan fingerprint density at radius 2 is 1.30 bits per heavy atom. The van der Waals surface area contributed by atoms with Crippen LogP contribution in [0.4, 0.5) is 0 Å². The van der Waals surface area contributed by atoms with Gasteiger partial charge in [0.05, 0.1) is 0 Å². The second-order valence-electron chi connectivity index (χ2n) is 1.73. The molecular weight excluding hydrogens is 160 g/mol. The van der Waals surface area contributed by atoms with E-state index < -0.39 is 23.8 Å². The van der Waals surface area contributed by atoms with Crippen LogP contribution in [0.15, 0.2) is 0 Å². The minimum absolute atomic E-state index is 0.350. The van der Waals surface area contributed by atoms with Crippen molar-refractivity contribution >= 4 is 11.2 Å². The Labute approximate surface area is 61.1 Å². The molecule has 0 aromatic carbocycles. The lowest BCUT2D eigenvalue weighted by atomic mass is 10.8. The van der Waals surface area contributed by atoms with Gasteiger partial charge in [-0.3, -0.25) is 0 Å². The van der Waals surface area contributed by atoms with E-state index in [4.69, 9.17) is 20.4 Å². The summed E-state index contributed by atoms with van der Waals surface area (Å²) in [4.78, 5) is 0. The molecule has 0 aliphatic heterocycles. The minimum atomic E-state index is -1.65. The molecule has 0 bridgehead atoms. The van der Waals surface area contributed by atoms with E-state index in [2.05, 4.69) is 0 Å². The normalized spacial score (nSPS) is 12.0. The molecule has 0 radical (unpaired) electrons. The Morgan fingerprint density at radius 1 is 1.00 bits per heavy atom. The molecule has 0 heterocycles. The monoisotopic (exact) mass is 170 g/mol. The van der Waals surface area contributed by atoms with Crippen LogP contribution in [0, 0.1) is 0 Å². The summed E-state index contributed by atoms with van der Waals surface area (Å²) in [6.45, 7) is 0. The van der Waals surface area contributed by atoms with E-state index in [0.717, 1.165) is 0 Å². The summed E-state index contributed by atoms with van der Waals surface area (Å²) in [7, 11) is 0. The maximum absolute atomic E-state index is 10.5. The van der Waals surface area contributed by atoms with Gasteiger partial charge in [-0.15, -0.1) is 0 Å². The molecule has 0 aliphatic rings. The van der Waals surface area contributed by atoms with Gasteiger partial charge in [0.2, 0.25) is 0 Å².